The largest absolute Gasteiger partial charge is 0.464 e. The number of pyridine rings is 1. The third-order valence-corrected chi connectivity index (χ3v) is 16.6. The molecule has 3 aromatic heterocycles. The van der Waals surface area contributed by atoms with Crippen LogP contribution in [0.2, 0.25) is 0 Å². The molecule has 4 saturated heterocycles. The summed E-state index contributed by atoms with van der Waals surface area (Å²) >= 11 is 6.84. The molecule has 0 unspecified atom stereocenters. The monoisotopic (exact) mass is 1030 g/mol. The first-order valence-corrected chi connectivity index (χ1v) is 26.7. The van der Waals surface area contributed by atoms with Gasteiger partial charge in [-0.2, -0.15) is 0 Å². The van der Waals surface area contributed by atoms with Crippen LogP contribution in [0.5, 0.6) is 0 Å². The molecule has 4 aromatic rings. The number of esters is 1. The molecule has 4 fully saturated rings. The first-order chi connectivity index (χ1) is 34.5. The number of fused-ring (bicyclic) bond motifs is 6. The minimum atomic E-state index is -2.20. The fourth-order valence-electron chi connectivity index (χ4n) is 11.8. The van der Waals surface area contributed by atoms with Gasteiger partial charge in [0.1, 0.15) is 18.1 Å². The quantitative estimate of drug-likeness (QED) is 0.157. The van der Waals surface area contributed by atoms with Gasteiger partial charge in [0.05, 0.1) is 70.8 Å². The van der Waals surface area contributed by atoms with Crippen LogP contribution in [0.3, 0.4) is 0 Å². The van der Waals surface area contributed by atoms with E-state index in [-0.39, 0.29) is 57.1 Å². The summed E-state index contributed by atoms with van der Waals surface area (Å²) in [6, 6.07) is 3.83. The van der Waals surface area contributed by atoms with E-state index in [0.717, 1.165) is 82.8 Å². The molecule has 1 spiro atoms. The number of rotatable bonds is 9. The van der Waals surface area contributed by atoms with E-state index in [1.165, 1.54) is 31.7 Å². The standard InChI is InChI=1S/C52H65ClFN9O8S/c1-29(2)42(62-14-11-52(50(62)68)26-60(27-52)48(66)45(53)54)46(64)57-38-22-40-56-39(25-72-40)32-19-31-9-7-12-61-43(31)34(20-32)36(23-51(4,5)28-71-49(67)37-10-8-13-63(58-37)47(38)65)44(61)35-21-33(59-15-17-70-18-16-59)24-55-41(35)30(3)69-6/h19-21,24-25,29-30,37-38,42,45,58H,7-18,22-23,26-28H2,1-6H3,(H,57,64)/t30-,37-,38-,42-,45-/m0/s1. The smallest absolute Gasteiger partial charge is 0.324 e. The molecule has 20 heteroatoms. The number of nitrogens with zero attached hydrogens (tertiary/aromatic N) is 7. The Hall–Kier alpha value is -5.21. The number of aryl methyl sites for hydroxylation is 2. The van der Waals surface area contributed by atoms with Crippen LogP contribution in [0.25, 0.3) is 33.4 Å². The predicted octanol–water partition coefficient (Wildman–Crippen LogP) is 5.59. The predicted molar refractivity (Wildman–Crippen MR) is 270 cm³/mol. The maximum absolute atomic E-state index is 14.8. The van der Waals surface area contributed by atoms with Crippen molar-refractivity contribution in [1.82, 2.24) is 40.1 Å². The van der Waals surface area contributed by atoms with Gasteiger partial charge < -0.3 is 38.8 Å². The average Bonchev–Trinajstić information content (AvgIpc) is 4.06. The SMILES string of the molecule is CO[C@@H](C)c1ncc(N2CCOCC2)cc1-c1c2c3cc(cc4c3n1CCC4)-c1csc(n1)C[C@H](NC(=O)[C@H](C(C)C)N1CCC3(CN(C(=O)[C@H](F)Cl)C3)C1=O)C(=O)N1CCC[C@H](N1)C(=O)OCC(C)(C)C2. The van der Waals surface area contributed by atoms with Crippen molar-refractivity contribution in [3.8, 4) is 22.5 Å². The van der Waals surface area contributed by atoms with Gasteiger partial charge in [0, 0.05) is 86.7 Å². The Morgan fingerprint density at radius 1 is 1.04 bits per heavy atom. The molecule has 5 atom stereocenters. The zero-order chi connectivity index (χ0) is 50.8. The highest BCUT2D eigenvalue weighted by Gasteiger charge is 2.58. The van der Waals surface area contributed by atoms with Crippen LogP contribution in [0.4, 0.5) is 10.1 Å². The van der Waals surface area contributed by atoms with Gasteiger partial charge in [-0.3, -0.25) is 34.0 Å². The Labute approximate surface area is 428 Å². The molecule has 10 rings (SSSR count). The molecule has 6 aliphatic heterocycles. The van der Waals surface area contributed by atoms with E-state index in [4.69, 9.17) is 35.8 Å². The molecule has 4 amide bonds. The number of hydrogen-bond donors (Lipinski definition) is 2. The number of morpholine rings is 1. The number of alkyl halides is 2. The number of amides is 4. The summed E-state index contributed by atoms with van der Waals surface area (Å²) in [6.07, 6.45) is 5.40. The molecule has 0 radical (unpaired) electrons. The molecule has 6 bridgehead atoms. The van der Waals surface area contributed by atoms with Crippen LogP contribution < -0.4 is 15.6 Å². The summed E-state index contributed by atoms with van der Waals surface area (Å²) in [4.78, 5) is 85.2. The number of benzene rings is 1. The average molecular weight is 1030 g/mol. The van der Waals surface area contributed by atoms with Crippen LogP contribution in [0, 0.1) is 16.7 Å². The number of cyclic esters (lactones) is 1. The Kier molecular flexibility index (Phi) is 13.9. The molecule has 2 N–H and O–H groups in total. The highest BCUT2D eigenvalue weighted by molar-refractivity contribution is 7.10. The molecular weight excluding hydrogens is 965 g/mol. The van der Waals surface area contributed by atoms with Crippen molar-refractivity contribution >= 4 is 69.1 Å². The highest BCUT2D eigenvalue weighted by Crippen LogP contribution is 2.46. The number of carbonyl (C=O) groups is 5. The van der Waals surface area contributed by atoms with Crippen molar-refractivity contribution in [2.24, 2.45) is 16.7 Å². The second-order valence-electron chi connectivity index (χ2n) is 21.6. The Balaban J connectivity index is 1.03. The number of halogens is 2. The minimum absolute atomic E-state index is 0.0218. The molecule has 0 saturated carbocycles. The minimum Gasteiger partial charge on any atom is -0.464 e. The van der Waals surface area contributed by atoms with E-state index in [2.05, 4.69) is 52.3 Å². The lowest BCUT2D eigenvalue weighted by molar-refractivity contribution is -0.158. The van der Waals surface area contributed by atoms with E-state index in [1.54, 1.807) is 7.11 Å². The van der Waals surface area contributed by atoms with E-state index < -0.39 is 58.3 Å². The van der Waals surface area contributed by atoms with Crippen LogP contribution >= 0.6 is 22.9 Å². The highest BCUT2D eigenvalue weighted by atomic mass is 35.5. The van der Waals surface area contributed by atoms with Gasteiger partial charge in [0.25, 0.3) is 17.4 Å². The van der Waals surface area contributed by atoms with Gasteiger partial charge in [0.15, 0.2) is 0 Å². The number of likely N-dealkylation sites (tertiary alicyclic amines) is 2. The summed E-state index contributed by atoms with van der Waals surface area (Å²) in [5, 5.41) is 8.16. The second-order valence-corrected chi connectivity index (χ2v) is 22.9. The maximum atomic E-state index is 14.8. The zero-order valence-corrected chi connectivity index (χ0v) is 43.5. The lowest BCUT2D eigenvalue weighted by Gasteiger charge is -2.46. The van der Waals surface area contributed by atoms with Crippen LogP contribution in [0.15, 0.2) is 29.8 Å². The van der Waals surface area contributed by atoms with Gasteiger partial charge >= 0.3 is 5.97 Å². The number of aromatic nitrogens is 3. The molecule has 0 aliphatic carbocycles. The number of carbonyl (C=O) groups excluding carboxylic acids is 5. The van der Waals surface area contributed by atoms with Crippen LogP contribution in [0.1, 0.15) is 88.2 Å². The van der Waals surface area contributed by atoms with Gasteiger partial charge in [-0.15, -0.1) is 11.3 Å². The number of ether oxygens (including phenoxy) is 3. The number of hydrazine groups is 1. The number of hydrogen-bond acceptors (Lipinski definition) is 13. The summed E-state index contributed by atoms with van der Waals surface area (Å²) in [5.74, 6) is -2.95. The molecule has 9 heterocycles. The van der Waals surface area contributed by atoms with Gasteiger partial charge in [0.2, 0.25) is 11.8 Å². The second kappa shape index (κ2) is 19.9. The molecule has 17 nitrogen and oxygen atoms in total. The number of anilines is 1. The third-order valence-electron chi connectivity index (χ3n) is 15.5. The van der Waals surface area contributed by atoms with Crippen molar-refractivity contribution in [1.29, 1.82) is 0 Å². The van der Waals surface area contributed by atoms with Crippen molar-refractivity contribution in [3.05, 3.63) is 51.6 Å². The molecule has 1 aromatic carbocycles. The topological polar surface area (TPSA) is 181 Å². The van der Waals surface area contributed by atoms with E-state index in [0.29, 0.717) is 43.9 Å². The van der Waals surface area contributed by atoms with Crippen molar-refractivity contribution in [3.63, 3.8) is 0 Å². The lowest BCUT2D eigenvalue weighted by atomic mass is 9.78. The number of nitrogens with one attached hydrogen (secondary N) is 2. The lowest BCUT2D eigenvalue weighted by Crippen LogP contribution is -2.64. The first kappa shape index (κ1) is 50.3. The Bertz CT molecular complexity index is 2790. The maximum Gasteiger partial charge on any atom is 0.324 e. The molecule has 72 heavy (non-hydrogen) atoms. The summed E-state index contributed by atoms with van der Waals surface area (Å²) in [5.41, 5.74) is 8.59. The summed E-state index contributed by atoms with van der Waals surface area (Å²) < 4.78 is 34.0. The number of thiazole rings is 1. The van der Waals surface area contributed by atoms with Crippen LogP contribution in [-0.4, -0.2) is 149 Å². The summed E-state index contributed by atoms with van der Waals surface area (Å²) in [6.45, 7) is 14.2. The summed E-state index contributed by atoms with van der Waals surface area (Å²) in [7, 11) is 1.71. The third kappa shape index (κ3) is 9.36. The van der Waals surface area contributed by atoms with Crippen molar-refractivity contribution in [2.75, 3.05) is 71.1 Å². The first-order valence-electron chi connectivity index (χ1n) is 25.4. The Morgan fingerprint density at radius 2 is 1.82 bits per heavy atom. The fraction of sp³-hybridized carbons (Fsp3) is 0.596. The fourth-order valence-corrected chi connectivity index (χ4v) is 12.8. The van der Waals surface area contributed by atoms with Gasteiger partial charge in [-0.1, -0.05) is 39.3 Å². The van der Waals surface area contributed by atoms with Crippen molar-refractivity contribution < 1.29 is 42.6 Å². The van der Waals surface area contributed by atoms with Crippen LogP contribution in [-0.2, 0) is 64.0 Å². The molecule has 386 valence electrons. The van der Waals surface area contributed by atoms with Gasteiger partial charge in [-0.05, 0) is 80.7 Å². The molecule has 6 aliphatic rings. The van der Waals surface area contributed by atoms with Crippen molar-refractivity contribution in [2.45, 2.75) is 116 Å². The Morgan fingerprint density at radius 3 is 2.56 bits per heavy atom. The number of methoxy groups -OCH3 is 1. The molecular formula is C52H65ClFN9O8S. The van der Waals surface area contributed by atoms with E-state index >= 15 is 0 Å². The van der Waals surface area contributed by atoms with E-state index in [9.17, 15) is 28.4 Å². The van der Waals surface area contributed by atoms with Gasteiger partial charge in [-0.25, -0.2) is 14.8 Å². The van der Waals surface area contributed by atoms with E-state index in [1.807, 2.05) is 32.3 Å². The zero-order valence-electron chi connectivity index (χ0n) is 41.9. The normalized spacial score (nSPS) is 23.5.